The van der Waals surface area contributed by atoms with E-state index in [1.165, 1.54) is 48.5 Å². The Morgan fingerprint density at radius 2 is 1.10 bits per heavy atom. The Kier molecular flexibility index (Phi) is 6.11. The smallest absolute Gasteiger partial charge is 0.249 e. The molecule has 3 rings (SSSR count). The first-order valence-corrected chi connectivity index (χ1v) is 11.4. The maximum atomic E-state index is 14.1. The molecule has 5 nitrogen and oxygen atoms in total. The van der Waals surface area contributed by atoms with Gasteiger partial charge in [-0.2, -0.15) is 0 Å². The molecule has 1 unspecified atom stereocenters. The predicted octanol–water partition coefficient (Wildman–Crippen LogP) is 3.92. The lowest BCUT2D eigenvalue weighted by Crippen LogP contribution is -2.40. The van der Waals surface area contributed by atoms with Gasteiger partial charge in [0.25, 0.3) is 20.0 Å². The molecule has 0 aliphatic heterocycles. The van der Waals surface area contributed by atoms with Crippen molar-refractivity contribution >= 4 is 20.0 Å². The van der Waals surface area contributed by atoms with Gasteiger partial charge in [0, 0.05) is 0 Å². The van der Waals surface area contributed by atoms with E-state index in [1.807, 2.05) is 0 Å². The molecule has 0 N–H and O–H groups in total. The maximum absolute atomic E-state index is 14.1. The summed E-state index contributed by atoms with van der Waals surface area (Å²) in [5.74, 6) is -0.616. The molecule has 3 aromatic carbocycles. The summed E-state index contributed by atoms with van der Waals surface area (Å²) in [7, 11) is -9.33. The predicted molar refractivity (Wildman–Crippen MR) is 104 cm³/mol. The minimum Gasteiger partial charge on any atom is -0.249 e. The van der Waals surface area contributed by atoms with E-state index < -0.39 is 38.6 Å². The average Bonchev–Trinajstić information content (AvgIpc) is 2.73. The molecular weight excluding hydrogens is 420 g/mol. The Morgan fingerprint density at radius 1 is 0.690 bits per heavy atom. The summed E-state index contributed by atoms with van der Waals surface area (Å²) in [6.07, 6.45) is 0. The third-order valence-electron chi connectivity index (χ3n) is 4.21. The summed E-state index contributed by atoms with van der Waals surface area (Å²) >= 11 is 0. The zero-order chi connectivity index (χ0) is 21.1. The molecule has 0 aliphatic carbocycles. The second kappa shape index (κ2) is 8.40. The van der Waals surface area contributed by atoms with Crippen LogP contribution >= 0.6 is 0 Å². The van der Waals surface area contributed by atoms with Gasteiger partial charge < -0.3 is 0 Å². The maximum Gasteiger partial charge on any atom is 0.257 e. The monoisotopic (exact) mass is 437 g/mol. The Morgan fingerprint density at radius 3 is 1.48 bits per heavy atom. The van der Waals surface area contributed by atoms with Gasteiger partial charge in [0.05, 0.1) is 15.8 Å². The van der Waals surface area contributed by atoms with Gasteiger partial charge in [0.1, 0.15) is 12.5 Å². The van der Waals surface area contributed by atoms with Crippen LogP contribution in [0.5, 0.6) is 0 Å². The number of nitrogens with zero attached hydrogens (tertiary/aromatic N) is 1. The van der Waals surface area contributed by atoms with Gasteiger partial charge in [-0.05, 0) is 42.0 Å². The molecule has 0 saturated heterocycles. The number of rotatable bonds is 7. The molecular formula is C20H17F2NO4S2. The van der Waals surface area contributed by atoms with Gasteiger partial charge in [0.2, 0.25) is 0 Å². The van der Waals surface area contributed by atoms with Crippen molar-refractivity contribution in [3.63, 3.8) is 0 Å². The molecule has 1 atom stereocenters. The van der Waals surface area contributed by atoms with E-state index in [0.717, 1.165) is 24.3 Å². The largest absolute Gasteiger partial charge is 0.257 e. The number of hydrogen-bond acceptors (Lipinski definition) is 4. The van der Waals surface area contributed by atoms with Gasteiger partial charge in [-0.15, -0.1) is 0 Å². The highest BCUT2D eigenvalue weighted by molar-refractivity contribution is 8.04. The van der Waals surface area contributed by atoms with Gasteiger partial charge in [0.15, 0.2) is 0 Å². The summed E-state index contributed by atoms with van der Waals surface area (Å²) in [6.45, 7) is -1.33. The van der Waals surface area contributed by atoms with E-state index in [1.54, 1.807) is 12.1 Å². The van der Waals surface area contributed by atoms with Crippen molar-refractivity contribution in [1.29, 1.82) is 0 Å². The lowest BCUT2D eigenvalue weighted by Gasteiger charge is -2.28. The highest BCUT2D eigenvalue weighted by atomic mass is 32.3. The first-order valence-electron chi connectivity index (χ1n) is 8.49. The van der Waals surface area contributed by atoms with E-state index in [-0.39, 0.29) is 19.1 Å². The highest BCUT2D eigenvalue weighted by Gasteiger charge is 2.43. The van der Waals surface area contributed by atoms with E-state index in [0.29, 0.717) is 0 Å². The van der Waals surface area contributed by atoms with Gasteiger partial charge in [-0.3, -0.25) is 0 Å². The minimum atomic E-state index is -4.66. The Bertz CT molecular complexity index is 1100. The van der Waals surface area contributed by atoms with Crippen LogP contribution in [0.2, 0.25) is 0 Å². The summed E-state index contributed by atoms with van der Waals surface area (Å²) in [6, 6.07) is 16.4. The summed E-state index contributed by atoms with van der Waals surface area (Å²) < 4.78 is 80.8. The minimum absolute atomic E-state index is 0.00733. The van der Waals surface area contributed by atoms with E-state index in [9.17, 15) is 25.6 Å². The van der Waals surface area contributed by atoms with Crippen LogP contribution in [-0.2, 0) is 20.0 Å². The molecule has 0 aromatic heterocycles. The topological polar surface area (TPSA) is 71.5 Å². The van der Waals surface area contributed by atoms with Gasteiger partial charge in [-0.25, -0.2) is 25.6 Å². The van der Waals surface area contributed by atoms with Crippen LogP contribution in [0.3, 0.4) is 0 Å². The van der Waals surface area contributed by atoms with Crippen molar-refractivity contribution in [2.24, 2.45) is 0 Å². The quantitative estimate of drug-likeness (QED) is 0.562. The Labute approximate surface area is 168 Å². The normalized spacial score (nSPS) is 13.3. The third-order valence-corrected chi connectivity index (χ3v) is 8.58. The highest BCUT2D eigenvalue weighted by Crippen LogP contribution is 2.34. The fourth-order valence-electron chi connectivity index (χ4n) is 2.81. The molecule has 152 valence electrons. The second-order valence-electron chi connectivity index (χ2n) is 6.08. The van der Waals surface area contributed by atoms with Crippen LogP contribution in [0.25, 0.3) is 0 Å². The van der Waals surface area contributed by atoms with Crippen molar-refractivity contribution in [3.05, 3.63) is 96.3 Å². The number of benzene rings is 3. The van der Waals surface area contributed by atoms with E-state index in [4.69, 9.17) is 0 Å². The SMILES string of the molecule is O=S(=O)(c1ccccc1)N(C(CF)c1ccc(F)cc1)S(=O)(=O)c1ccccc1. The molecule has 0 spiro atoms. The van der Waals surface area contributed by atoms with Gasteiger partial charge >= 0.3 is 0 Å². The molecule has 0 saturated carbocycles. The summed E-state index contributed by atoms with van der Waals surface area (Å²) in [4.78, 5) is -0.611. The number of alkyl halides is 1. The summed E-state index contributed by atoms with van der Waals surface area (Å²) in [5, 5.41) is 0. The first kappa shape index (κ1) is 21.1. The Balaban J connectivity index is 2.25. The summed E-state index contributed by atoms with van der Waals surface area (Å²) in [5.41, 5.74) is 0.00733. The van der Waals surface area contributed by atoms with Crippen molar-refractivity contribution in [3.8, 4) is 0 Å². The molecule has 0 amide bonds. The van der Waals surface area contributed by atoms with Crippen LogP contribution in [-0.4, -0.2) is 27.2 Å². The van der Waals surface area contributed by atoms with Crippen molar-refractivity contribution in [1.82, 2.24) is 3.71 Å². The number of hydrogen-bond donors (Lipinski definition) is 0. The molecule has 0 bridgehead atoms. The number of halogens is 2. The third kappa shape index (κ3) is 4.21. The first-order chi connectivity index (χ1) is 13.8. The number of sulfonamides is 2. The lowest BCUT2D eigenvalue weighted by atomic mass is 10.1. The fourth-order valence-corrected chi connectivity index (χ4v) is 6.80. The van der Waals surface area contributed by atoms with Crippen molar-refractivity contribution in [2.45, 2.75) is 15.8 Å². The second-order valence-corrected chi connectivity index (χ2v) is 9.94. The van der Waals surface area contributed by atoms with E-state index in [2.05, 4.69) is 0 Å². The molecule has 0 aliphatic rings. The van der Waals surface area contributed by atoms with Crippen LogP contribution in [0.1, 0.15) is 11.6 Å². The van der Waals surface area contributed by atoms with Crippen LogP contribution in [0, 0.1) is 5.82 Å². The molecule has 29 heavy (non-hydrogen) atoms. The Hall–Kier alpha value is -2.62. The zero-order valence-electron chi connectivity index (χ0n) is 15.0. The van der Waals surface area contributed by atoms with Gasteiger partial charge in [-0.1, -0.05) is 52.2 Å². The molecule has 0 radical (unpaired) electrons. The molecule has 0 heterocycles. The van der Waals surface area contributed by atoms with Crippen molar-refractivity contribution < 1.29 is 25.6 Å². The average molecular weight is 437 g/mol. The molecule has 0 fully saturated rings. The fraction of sp³-hybridized carbons (Fsp3) is 0.100. The van der Waals surface area contributed by atoms with Crippen LogP contribution < -0.4 is 0 Å². The van der Waals surface area contributed by atoms with Crippen molar-refractivity contribution in [2.75, 3.05) is 6.67 Å². The van der Waals surface area contributed by atoms with Crippen LogP contribution in [0.15, 0.2) is 94.7 Å². The zero-order valence-corrected chi connectivity index (χ0v) is 16.7. The van der Waals surface area contributed by atoms with Crippen LogP contribution in [0.4, 0.5) is 8.78 Å². The standard InChI is InChI=1S/C20H17F2NO4S2/c21-15-20(16-11-13-17(22)14-12-16)23(28(24,25)18-7-3-1-4-8-18)29(26,27)19-9-5-2-6-10-19/h1-14,20H,15H2. The molecule has 3 aromatic rings. The van der Waals surface area contributed by atoms with E-state index >= 15 is 0 Å². The molecule has 9 heteroatoms. The lowest BCUT2D eigenvalue weighted by molar-refractivity contribution is 0.339.